The molecule has 2 rings (SSSR count). The molecular weight excluding hydrogens is 272 g/mol. The van der Waals surface area contributed by atoms with Crippen molar-refractivity contribution in [2.75, 3.05) is 0 Å². The number of thioether (sulfide) groups is 1. The van der Waals surface area contributed by atoms with Gasteiger partial charge in [0.2, 0.25) is 0 Å². The number of carboxylic acid groups (broad SMARTS) is 1. The van der Waals surface area contributed by atoms with Gasteiger partial charge in [-0.05, 0) is 37.8 Å². The second-order valence-electron chi connectivity index (χ2n) is 4.59. The summed E-state index contributed by atoms with van der Waals surface area (Å²) in [6.45, 7) is 0. The van der Waals surface area contributed by atoms with Gasteiger partial charge < -0.3 is 10.8 Å². The summed E-state index contributed by atoms with van der Waals surface area (Å²) in [4.78, 5) is 15.4. The third-order valence-corrected chi connectivity index (χ3v) is 4.87. The van der Waals surface area contributed by atoms with E-state index in [1.165, 1.54) is 11.8 Å². The van der Waals surface area contributed by atoms with Crippen LogP contribution in [0.15, 0.2) is 23.4 Å². The zero-order chi connectivity index (χ0) is 13.2. The average molecular weight is 287 g/mol. The van der Waals surface area contributed by atoms with Crippen LogP contribution in [0.25, 0.3) is 0 Å². The zero-order valence-electron chi connectivity index (χ0n) is 9.80. The van der Waals surface area contributed by atoms with Crippen LogP contribution in [0.5, 0.6) is 0 Å². The van der Waals surface area contributed by atoms with Gasteiger partial charge in [0, 0.05) is 11.4 Å². The molecule has 1 saturated carbocycles. The SMILES string of the molecule is NC1(C(=O)O)CCCC(Sc2ncccc2Cl)C1. The number of hydrogen-bond donors (Lipinski definition) is 2. The molecule has 3 N–H and O–H groups in total. The van der Waals surface area contributed by atoms with Crippen LogP contribution in [-0.4, -0.2) is 26.8 Å². The average Bonchev–Trinajstić information content (AvgIpc) is 2.32. The number of carboxylic acids is 1. The minimum absolute atomic E-state index is 0.159. The van der Waals surface area contributed by atoms with E-state index in [0.717, 1.165) is 17.9 Å². The van der Waals surface area contributed by atoms with E-state index in [2.05, 4.69) is 4.98 Å². The molecule has 0 radical (unpaired) electrons. The summed E-state index contributed by atoms with van der Waals surface area (Å²) in [5, 5.41) is 10.7. The van der Waals surface area contributed by atoms with E-state index in [0.29, 0.717) is 17.9 Å². The van der Waals surface area contributed by atoms with Crippen molar-refractivity contribution in [3.63, 3.8) is 0 Å². The van der Waals surface area contributed by atoms with Crippen LogP contribution >= 0.6 is 23.4 Å². The third kappa shape index (κ3) is 2.96. The first-order valence-corrected chi connectivity index (χ1v) is 7.06. The Morgan fingerprint density at radius 1 is 1.67 bits per heavy atom. The lowest BCUT2D eigenvalue weighted by Crippen LogP contribution is -2.51. The van der Waals surface area contributed by atoms with E-state index in [1.807, 2.05) is 0 Å². The molecule has 2 unspecified atom stereocenters. The normalized spacial score (nSPS) is 28.0. The Hall–Kier alpha value is -0.780. The van der Waals surface area contributed by atoms with Gasteiger partial charge in [0.1, 0.15) is 10.6 Å². The molecule has 0 amide bonds. The summed E-state index contributed by atoms with van der Waals surface area (Å²) in [6, 6.07) is 3.56. The molecule has 18 heavy (non-hydrogen) atoms. The summed E-state index contributed by atoms with van der Waals surface area (Å²) in [5.74, 6) is -0.917. The molecule has 1 heterocycles. The van der Waals surface area contributed by atoms with Gasteiger partial charge in [0.25, 0.3) is 0 Å². The predicted molar refractivity (Wildman–Crippen MR) is 71.9 cm³/mol. The van der Waals surface area contributed by atoms with Gasteiger partial charge in [0.05, 0.1) is 5.02 Å². The van der Waals surface area contributed by atoms with E-state index in [9.17, 15) is 4.79 Å². The molecule has 6 heteroatoms. The minimum Gasteiger partial charge on any atom is -0.480 e. The van der Waals surface area contributed by atoms with Gasteiger partial charge in [-0.3, -0.25) is 4.79 Å². The van der Waals surface area contributed by atoms with Crippen molar-refractivity contribution < 1.29 is 9.90 Å². The van der Waals surface area contributed by atoms with Crippen molar-refractivity contribution >= 4 is 29.3 Å². The number of aliphatic carboxylic acids is 1. The molecule has 0 bridgehead atoms. The first-order valence-electron chi connectivity index (χ1n) is 5.81. The summed E-state index contributed by atoms with van der Waals surface area (Å²) in [7, 11) is 0. The number of pyridine rings is 1. The van der Waals surface area contributed by atoms with Crippen LogP contribution in [0, 0.1) is 0 Å². The molecule has 1 aliphatic rings. The Morgan fingerprint density at radius 2 is 2.44 bits per heavy atom. The Labute approximate surface area is 115 Å². The first-order chi connectivity index (χ1) is 8.51. The first kappa shape index (κ1) is 13.6. The minimum atomic E-state index is -1.10. The fraction of sp³-hybridized carbons (Fsp3) is 0.500. The number of carbonyl (C=O) groups is 1. The van der Waals surface area contributed by atoms with Crippen molar-refractivity contribution in [3.8, 4) is 0 Å². The third-order valence-electron chi connectivity index (χ3n) is 3.17. The summed E-state index contributed by atoms with van der Waals surface area (Å²) < 4.78 is 0. The quantitative estimate of drug-likeness (QED) is 0.893. The molecule has 98 valence electrons. The standard InChI is InChI=1S/C12H15ClN2O2S/c13-9-4-2-6-15-10(9)18-8-3-1-5-12(14,7-8)11(16)17/h2,4,6,8H,1,3,5,7,14H2,(H,16,17). The van der Waals surface area contributed by atoms with E-state index in [4.69, 9.17) is 22.4 Å². The maximum Gasteiger partial charge on any atom is 0.323 e. The van der Waals surface area contributed by atoms with Crippen molar-refractivity contribution in [3.05, 3.63) is 23.4 Å². The fourth-order valence-corrected chi connectivity index (χ4v) is 3.70. The van der Waals surface area contributed by atoms with Crippen molar-refractivity contribution in [2.24, 2.45) is 5.73 Å². The lowest BCUT2D eigenvalue weighted by atomic mass is 9.82. The van der Waals surface area contributed by atoms with E-state index in [-0.39, 0.29) is 5.25 Å². The summed E-state index contributed by atoms with van der Waals surface area (Å²) in [5.41, 5.74) is 4.82. The van der Waals surface area contributed by atoms with Crippen LogP contribution in [0.2, 0.25) is 5.02 Å². The fourth-order valence-electron chi connectivity index (χ4n) is 2.17. The highest BCUT2D eigenvalue weighted by atomic mass is 35.5. The van der Waals surface area contributed by atoms with Gasteiger partial charge in [0.15, 0.2) is 0 Å². The molecule has 1 aromatic rings. The second kappa shape index (κ2) is 5.47. The van der Waals surface area contributed by atoms with Crippen LogP contribution in [-0.2, 0) is 4.79 Å². The molecule has 1 fully saturated rings. The Kier molecular flexibility index (Phi) is 4.14. The molecule has 0 saturated heterocycles. The van der Waals surface area contributed by atoms with Gasteiger partial charge >= 0.3 is 5.97 Å². The molecule has 2 atom stereocenters. The summed E-state index contributed by atoms with van der Waals surface area (Å²) >= 11 is 7.57. The predicted octanol–water partition coefficient (Wildman–Crippen LogP) is 2.55. The molecule has 1 aliphatic carbocycles. The monoisotopic (exact) mass is 286 g/mol. The van der Waals surface area contributed by atoms with Crippen LogP contribution in [0.3, 0.4) is 0 Å². The molecule has 0 spiro atoms. The smallest absolute Gasteiger partial charge is 0.323 e. The van der Waals surface area contributed by atoms with E-state index >= 15 is 0 Å². The maximum absolute atomic E-state index is 11.2. The number of aromatic nitrogens is 1. The van der Waals surface area contributed by atoms with Crippen LogP contribution in [0.4, 0.5) is 0 Å². The highest BCUT2D eigenvalue weighted by Gasteiger charge is 2.39. The Balaban J connectivity index is 2.07. The Morgan fingerprint density at radius 3 is 3.11 bits per heavy atom. The van der Waals surface area contributed by atoms with Gasteiger partial charge in [-0.1, -0.05) is 11.6 Å². The van der Waals surface area contributed by atoms with Gasteiger partial charge in [-0.2, -0.15) is 0 Å². The second-order valence-corrected chi connectivity index (χ2v) is 6.28. The molecule has 4 nitrogen and oxygen atoms in total. The van der Waals surface area contributed by atoms with Crippen molar-refractivity contribution in [1.82, 2.24) is 4.98 Å². The maximum atomic E-state index is 11.2. The highest BCUT2D eigenvalue weighted by Crippen LogP contribution is 2.38. The molecule has 0 aromatic carbocycles. The van der Waals surface area contributed by atoms with Crippen molar-refractivity contribution in [2.45, 2.75) is 41.5 Å². The topological polar surface area (TPSA) is 76.2 Å². The van der Waals surface area contributed by atoms with E-state index < -0.39 is 11.5 Å². The van der Waals surface area contributed by atoms with Crippen LogP contribution in [0.1, 0.15) is 25.7 Å². The lowest BCUT2D eigenvalue weighted by Gasteiger charge is -2.34. The van der Waals surface area contributed by atoms with Crippen LogP contribution < -0.4 is 5.73 Å². The van der Waals surface area contributed by atoms with Crippen molar-refractivity contribution in [1.29, 1.82) is 0 Å². The Bertz CT molecular complexity index is 457. The number of nitrogens with zero attached hydrogens (tertiary/aromatic N) is 1. The zero-order valence-corrected chi connectivity index (χ0v) is 11.4. The lowest BCUT2D eigenvalue weighted by molar-refractivity contribution is -0.144. The van der Waals surface area contributed by atoms with Gasteiger partial charge in [-0.25, -0.2) is 4.98 Å². The molecule has 1 aromatic heterocycles. The number of rotatable bonds is 3. The van der Waals surface area contributed by atoms with E-state index in [1.54, 1.807) is 18.3 Å². The molecular formula is C12H15ClN2O2S. The number of halogens is 1. The molecule has 0 aliphatic heterocycles. The largest absolute Gasteiger partial charge is 0.480 e. The number of hydrogen-bond acceptors (Lipinski definition) is 4. The number of nitrogens with two attached hydrogens (primary N) is 1. The highest BCUT2D eigenvalue weighted by molar-refractivity contribution is 8.00. The van der Waals surface area contributed by atoms with Gasteiger partial charge in [-0.15, -0.1) is 11.8 Å². The summed E-state index contributed by atoms with van der Waals surface area (Å²) in [6.07, 6.45) is 4.45.